The number of phenols is 2. The molecule has 0 aromatic heterocycles. The predicted octanol–water partition coefficient (Wildman–Crippen LogP) is 4.22. The van der Waals surface area contributed by atoms with Crippen LogP contribution in [0.4, 0.5) is 0 Å². The second-order valence-electron chi connectivity index (χ2n) is 7.50. The smallest absolute Gasteiger partial charge is 0.327 e. The van der Waals surface area contributed by atoms with Crippen molar-refractivity contribution < 1.29 is 49.4 Å². The fourth-order valence-electron chi connectivity index (χ4n) is 2.53. The number of allylic oxidation sites excluding steroid dienone is 2. The number of halogens is 1. The van der Waals surface area contributed by atoms with Crippen molar-refractivity contribution in [2.75, 3.05) is 12.5 Å². The third kappa shape index (κ3) is 16.5. The van der Waals surface area contributed by atoms with E-state index in [1.807, 2.05) is 6.07 Å². The molecular formula is C27H31ClO10. The fraction of sp³-hybridized carbons (Fsp3) is 0.259. The van der Waals surface area contributed by atoms with Crippen LogP contribution in [0.25, 0.3) is 0 Å². The minimum Gasteiger partial charge on any atom is -0.508 e. The zero-order valence-corrected chi connectivity index (χ0v) is 21.2. The number of aromatic hydroxyl groups is 2. The largest absolute Gasteiger partial charge is 0.508 e. The molecule has 1 heterocycles. The molecule has 0 saturated carbocycles. The molecule has 206 valence electrons. The van der Waals surface area contributed by atoms with Gasteiger partial charge in [-0.1, -0.05) is 49.1 Å². The number of rotatable bonds is 5. The van der Waals surface area contributed by atoms with Gasteiger partial charge in [0.15, 0.2) is 6.29 Å². The topological polar surface area (TPSA) is 182 Å². The van der Waals surface area contributed by atoms with E-state index in [1.165, 1.54) is 6.07 Å². The number of aldehydes is 1. The Kier molecular flexibility index (Phi) is 17.8. The van der Waals surface area contributed by atoms with Gasteiger partial charge < -0.3 is 30.3 Å². The maximum Gasteiger partial charge on any atom is 0.327 e. The van der Waals surface area contributed by atoms with Crippen LogP contribution in [0.5, 0.6) is 11.5 Å². The number of carboxylic acid groups (broad SMARTS) is 3. The molecule has 0 radical (unpaired) electrons. The SMILES string of the molecule is C=CC(=O)O.ClCC1CO1.O=C(O)C1CC=CCC1C(=O)O.O=Cc1ccccc1O.Oc1ccccc1. The quantitative estimate of drug-likeness (QED) is 0.119. The Morgan fingerprint density at radius 2 is 1.34 bits per heavy atom. The van der Waals surface area contributed by atoms with Crippen LogP contribution in [0.3, 0.4) is 0 Å². The Hall–Kier alpha value is -4.15. The van der Waals surface area contributed by atoms with Crippen molar-refractivity contribution in [2.24, 2.45) is 11.8 Å². The van der Waals surface area contributed by atoms with E-state index in [0.717, 1.165) is 12.7 Å². The van der Waals surface area contributed by atoms with Crippen LogP contribution in [0, 0.1) is 11.8 Å². The van der Waals surface area contributed by atoms with Crippen molar-refractivity contribution in [3.05, 3.63) is 85.0 Å². The van der Waals surface area contributed by atoms with E-state index in [0.29, 0.717) is 42.4 Å². The van der Waals surface area contributed by atoms with Gasteiger partial charge in [0.2, 0.25) is 0 Å². The molecule has 10 nitrogen and oxygen atoms in total. The average Bonchev–Trinajstić information content (AvgIpc) is 3.76. The summed E-state index contributed by atoms with van der Waals surface area (Å²) in [6.07, 6.45) is 5.95. The lowest BCUT2D eigenvalue weighted by molar-refractivity contribution is -0.153. The molecule has 2 aliphatic rings. The summed E-state index contributed by atoms with van der Waals surface area (Å²) < 4.78 is 4.73. The second-order valence-corrected chi connectivity index (χ2v) is 7.81. The maximum absolute atomic E-state index is 10.6. The molecule has 1 aliphatic heterocycles. The summed E-state index contributed by atoms with van der Waals surface area (Å²) >= 11 is 5.27. The Labute approximate surface area is 225 Å². The molecule has 5 N–H and O–H groups in total. The van der Waals surface area contributed by atoms with Gasteiger partial charge in [-0.05, 0) is 37.1 Å². The summed E-state index contributed by atoms with van der Waals surface area (Å²) in [4.78, 5) is 40.5. The number of ether oxygens (including phenoxy) is 1. The average molecular weight is 551 g/mol. The molecule has 4 rings (SSSR count). The Morgan fingerprint density at radius 3 is 1.58 bits per heavy atom. The first-order valence-electron chi connectivity index (χ1n) is 11.2. The lowest BCUT2D eigenvalue weighted by Crippen LogP contribution is -2.30. The highest BCUT2D eigenvalue weighted by atomic mass is 35.5. The second kappa shape index (κ2) is 20.0. The zero-order valence-electron chi connectivity index (χ0n) is 20.4. The predicted molar refractivity (Wildman–Crippen MR) is 141 cm³/mol. The molecule has 0 amide bonds. The van der Waals surface area contributed by atoms with Gasteiger partial charge in [-0.15, -0.1) is 11.6 Å². The summed E-state index contributed by atoms with van der Waals surface area (Å²) in [6.45, 7) is 3.84. The van der Waals surface area contributed by atoms with Gasteiger partial charge in [0.05, 0.1) is 36.0 Å². The van der Waals surface area contributed by atoms with Crippen molar-refractivity contribution >= 4 is 35.8 Å². The van der Waals surface area contributed by atoms with E-state index >= 15 is 0 Å². The number of para-hydroxylation sites is 2. The minimum atomic E-state index is -1.02. The number of hydrogen-bond donors (Lipinski definition) is 5. The number of alkyl halides is 1. The normalized spacial score (nSPS) is 18.0. The highest BCUT2D eigenvalue weighted by molar-refractivity contribution is 6.18. The number of carbonyl (C=O) groups is 4. The molecule has 38 heavy (non-hydrogen) atoms. The third-order valence-electron chi connectivity index (χ3n) is 4.64. The van der Waals surface area contributed by atoms with Crippen LogP contribution in [0.1, 0.15) is 23.2 Å². The first-order chi connectivity index (χ1) is 18.1. The van der Waals surface area contributed by atoms with Gasteiger partial charge in [0.25, 0.3) is 0 Å². The van der Waals surface area contributed by atoms with Crippen LogP contribution in [0.2, 0.25) is 0 Å². The van der Waals surface area contributed by atoms with E-state index in [-0.39, 0.29) is 5.75 Å². The van der Waals surface area contributed by atoms with Crippen LogP contribution in [-0.2, 0) is 19.1 Å². The highest BCUT2D eigenvalue weighted by Crippen LogP contribution is 2.25. The van der Waals surface area contributed by atoms with Gasteiger partial charge >= 0.3 is 17.9 Å². The van der Waals surface area contributed by atoms with E-state index < -0.39 is 29.7 Å². The first-order valence-corrected chi connectivity index (χ1v) is 11.7. The molecule has 11 heteroatoms. The minimum absolute atomic E-state index is 0.0347. The number of aliphatic carboxylic acids is 3. The molecular weight excluding hydrogens is 520 g/mol. The zero-order chi connectivity index (χ0) is 28.9. The standard InChI is InChI=1S/C8H10O4.C7H6O2.C6H6O.C3H5ClO.C3H4O2/c9-7(10)5-3-1-2-4-6(5)8(11)12;8-5-6-3-1-2-4-7(6)9;7-6-4-2-1-3-5-6;4-1-3-2-5-3;1-2-3(4)5/h1-2,5-6H,3-4H2,(H,9,10)(H,11,12);1-5,9H;1-5,7H;3H,1-2H2;2H,1H2,(H,4,5). The first kappa shape index (κ1) is 33.8. The number of carbonyl (C=O) groups excluding carboxylic acids is 1. The molecule has 3 atom stereocenters. The highest BCUT2D eigenvalue weighted by Gasteiger charge is 2.33. The summed E-state index contributed by atoms with van der Waals surface area (Å²) in [5.41, 5.74) is 0.331. The molecule has 0 spiro atoms. The molecule has 1 aliphatic carbocycles. The third-order valence-corrected chi connectivity index (χ3v) is 4.98. The lowest BCUT2D eigenvalue weighted by Gasteiger charge is -2.20. The number of epoxide rings is 1. The summed E-state index contributed by atoms with van der Waals surface area (Å²) in [5, 5.41) is 42.4. The van der Waals surface area contributed by atoms with Crippen LogP contribution < -0.4 is 0 Å². The van der Waals surface area contributed by atoms with E-state index in [9.17, 15) is 19.2 Å². The van der Waals surface area contributed by atoms with Gasteiger partial charge in [0, 0.05) is 6.08 Å². The number of benzene rings is 2. The van der Waals surface area contributed by atoms with E-state index in [2.05, 4.69) is 6.58 Å². The van der Waals surface area contributed by atoms with E-state index in [1.54, 1.807) is 54.6 Å². The Balaban J connectivity index is 0.000000470. The lowest BCUT2D eigenvalue weighted by atomic mass is 9.83. The number of phenolic OH excluding ortho intramolecular Hbond substituents is 2. The van der Waals surface area contributed by atoms with Crippen molar-refractivity contribution in [1.82, 2.24) is 0 Å². The van der Waals surface area contributed by atoms with Gasteiger partial charge in [-0.2, -0.15) is 0 Å². The summed E-state index contributed by atoms with van der Waals surface area (Å²) in [7, 11) is 0. The molecule has 2 aromatic carbocycles. The number of hydrogen-bond acceptors (Lipinski definition) is 7. The van der Waals surface area contributed by atoms with Crippen LogP contribution in [0.15, 0.2) is 79.4 Å². The fourth-order valence-corrected chi connectivity index (χ4v) is 2.71. The molecule has 2 aromatic rings. The summed E-state index contributed by atoms with van der Waals surface area (Å²) in [6, 6.07) is 15.1. The molecule has 1 fully saturated rings. The van der Waals surface area contributed by atoms with Crippen molar-refractivity contribution in [2.45, 2.75) is 18.9 Å². The van der Waals surface area contributed by atoms with Crippen LogP contribution >= 0.6 is 11.6 Å². The van der Waals surface area contributed by atoms with Gasteiger partial charge in [0.1, 0.15) is 11.5 Å². The molecule has 0 bridgehead atoms. The summed E-state index contributed by atoms with van der Waals surface area (Å²) in [5.74, 6) is -3.52. The van der Waals surface area contributed by atoms with Crippen molar-refractivity contribution in [1.29, 1.82) is 0 Å². The molecule has 3 unspecified atom stereocenters. The van der Waals surface area contributed by atoms with Gasteiger partial charge in [-0.25, -0.2) is 4.79 Å². The van der Waals surface area contributed by atoms with Crippen molar-refractivity contribution in [3.63, 3.8) is 0 Å². The van der Waals surface area contributed by atoms with Crippen LogP contribution in [-0.4, -0.2) is 68.3 Å². The Morgan fingerprint density at radius 1 is 0.895 bits per heavy atom. The number of carboxylic acids is 3. The Bertz CT molecular complexity index is 1010. The maximum atomic E-state index is 10.6. The molecule has 1 saturated heterocycles. The van der Waals surface area contributed by atoms with Gasteiger partial charge in [-0.3, -0.25) is 14.4 Å². The monoisotopic (exact) mass is 550 g/mol. The van der Waals surface area contributed by atoms with Crippen molar-refractivity contribution in [3.8, 4) is 11.5 Å². The van der Waals surface area contributed by atoms with E-state index in [4.69, 9.17) is 41.9 Å².